The molecular formula is C12H14FN3O3S. The summed E-state index contributed by atoms with van der Waals surface area (Å²) in [6.45, 7) is -0.394. The molecule has 0 atom stereocenters. The molecule has 0 aliphatic carbocycles. The number of sulfonamides is 1. The summed E-state index contributed by atoms with van der Waals surface area (Å²) in [6.07, 6.45) is 1.68. The fourth-order valence-electron chi connectivity index (χ4n) is 1.66. The second-order valence-corrected chi connectivity index (χ2v) is 5.96. The minimum absolute atomic E-state index is 0.0357. The van der Waals surface area contributed by atoms with Gasteiger partial charge in [0.15, 0.2) is 0 Å². The van der Waals surface area contributed by atoms with Crippen LogP contribution in [-0.4, -0.2) is 23.3 Å². The predicted molar refractivity (Wildman–Crippen MR) is 69.6 cm³/mol. The van der Waals surface area contributed by atoms with E-state index in [1.165, 1.54) is 10.7 Å². The highest BCUT2D eigenvalue weighted by molar-refractivity contribution is 7.89. The Balaban J connectivity index is 2.21. The zero-order valence-electron chi connectivity index (χ0n) is 10.7. The number of aliphatic hydroxyl groups excluding tert-OH is 1. The van der Waals surface area contributed by atoms with Gasteiger partial charge in [0, 0.05) is 13.2 Å². The Morgan fingerprint density at radius 2 is 2.15 bits per heavy atom. The number of halogens is 1. The summed E-state index contributed by atoms with van der Waals surface area (Å²) in [4.78, 5) is -0.486. The highest BCUT2D eigenvalue weighted by Crippen LogP contribution is 2.16. The second-order valence-electron chi connectivity index (χ2n) is 4.23. The molecule has 0 saturated carbocycles. The molecule has 0 aliphatic rings. The van der Waals surface area contributed by atoms with Gasteiger partial charge in [-0.05, 0) is 23.8 Å². The molecule has 2 N–H and O–H groups in total. The van der Waals surface area contributed by atoms with Gasteiger partial charge >= 0.3 is 0 Å². The van der Waals surface area contributed by atoms with Gasteiger partial charge in [0.2, 0.25) is 10.0 Å². The maximum atomic E-state index is 13.6. The van der Waals surface area contributed by atoms with E-state index >= 15 is 0 Å². The Kier molecular flexibility index (Phi) is 4.17. The molecule has 0 unspecified atom stereocenters. The molecule has 1 heterocycles. The molecule has 0 saturated heterocycles. The Morgan fingerprint density at radius 3 is 2.75 bits per heavy atom. The number of aromatic nitrogens is 2. The van der Waals surface area contributed by atoms with Gasteiger partial charge in [-0.2, -0.15) is 5.10 Å². The standard InChI is InChI=1S/C12H14FN3O3S/c1-16-5-4-10(15-16)7-14-20(18,19)12-6-9(8-17)2-3-11(12)13/h2-6,14,17H,7-8H2,1H3. The molecule has 0 spiro atoms. The van der Waals surface area contributed by atoms with Crippen LogP contribution in [0.5, 0.6) is 0 Å². The number of aliphatic hydroxyl groups is 1. The molecule has 8 heteroatoms. The van der Waals surface area contributed by atoms with Crippen molar-refractivity contribution in [1.82, 2.24) is 14.5 Å². The number of hydrogen-bond acceptors (Lipinski definition) is 4. The molecule has 1 aromatic heterocycles. The van der Waals surface area contributed by atoms with Crippen molar-refractivity contribution in [2.24, 2.45) is 7.05 Å². The van der Waals surface area contributed by atoms with Gasteiger partial charge in [-0.1, -0.05) is 6.07 Å². The normalized spacial score (nSPS) is 11.8. The molecule has 0 bridgehead atoms. The average molecular weight is 299 g/mol. The SMILES string of the molecule is Cn1ccc(CNS(=O)(=O)c2cc(CO)ccc2F)n1. The van der Waals surface area contributed by atoms with Crippen molar-refractivity contribution in [1.29, 1.82) is 0 Å². The lowest BCUT2D eigenvalue weighted by Gasteiger charge is -2.08. The van der Waals surface area contributed by atoms with Crippen LogP contribution in [-0.2, 0) is 30.2 Å². The first-order chi connectivity index (χ1) is 9.42. The maximum Gasteiger partial charge on any atom is 0.243 e. The molecule has 0 fully saturated rings. The van der Waals surface area contributed by atoms with Crippen LogP contribution >= 0.6 is 0 Å². The minimum Gasteiger partial charge on any atom is -0.392 e. The summed E-state index contributed by atoms with van der Waals surface area (Å²) in [7, 11) is -2.29. The van der Waals surface area contributed by atoms with Crippen LogP contribution in [0, 0.1) is 5.82 Å². The Hall–Kier alpha value is -1.77. The topological polar surface area (TPSA) is 84.2 Å². The lowest BCUT2D eigenvalue weighted by atomic mass is 10.2. The Labute approximate surface area is 115 Å². The van der Waals surface area contributed by atoms with Crippen LogP contribution in [0.4, 0.5) is 4.39 Å². The van der Waals surface area contributed by atoms with E-state index in [-0.39, 0.29) is 13.2 Å². The predicted octanol–water partition coefficient (Wildman–Crippen LogP) is 0.530. The number of rotatable bonds is 5. The molecule has 108 valence electrons. The minimum atomic E-state index is -4.00. The molecule has 20 heavy (non-hydrogen) atoms. The van der Waals surface area contributed by atoms with Crippen molar-refractivity contribution in [2.75, 3.05) is 0 Å². The lowest BCUT2D eigenvalue weighted by molar-refractivity contribution is 0.281. The molecule has 2 rings (SSSR count). The zero-order chi connectivity index (χ0) is 14.8. The van der Waals surface area contributed by atoms with Crippen molar-refractivity contribution in [3.05, 3.63) is 47.5 Å². The Bertz CT molecular complexity index is 712. The highest BCUT2D eigenvalue weighted by atomic mass is 32.2. The van der Waals surface area contributed by atoms with Crippen molar-refractivity contribution < 1.29 is 17.9 Å². The number of aryl methyl sites for hydroxylation is 1. The van der Waals surface area contributed by atoms with Gasteiger partial charge in [0.05, 0.1) is 18.8 Å². The first-order valence-corrected chi connectivity index (χ1v) is 7.28. The third-order valence-electron chi connectivity index (χ3n) is 2.68. The largest absolute Gasteiger partial charge is 0.392 e. The van der Waals surface area contributed by atoms with E-state index in [4.69, 9.17) is 5.11 Å². The molecule has 1 aromatic carbocycles. The fourth-order valence-corrected chi connectivity index (χ4v) is 2.78. The summed E-state index contributed by atoms with van der Waals surface area (Å²) in [5.74, 6) is -0.865. The van der Waals surface area contributed by atoms with Crippen LogP contribution in [0.25, 0.3) is 0 Å². The first-order valence-electron chi connectivity index (χ1n) is 5.80. The van der Waals surface area contributed by atoms with E-state index in [2.05, 4.69) is 9.82 Å². The highest BCUT2D eigenvalue weighted by Gasteiger charge is 2.19. The lowest BCUT2D eigenvalue weighted by Crippen LogP contribution is -2.24. The van der Waals surface area contributed by atoms with Crippen LogP contribution in [0.1, 0.15) is 11.3 Å². The summed E-state index contributed by atoms with van der Waals surface area (Å²) in [6, 6.07) is 5.10. The second kappa shape index (κ2) is 5.70. The number of nitrogens with one attached hydrogen (secondary N) is 1. The summed E-state index contributed by atoms with van der Waals surface area (Å²) in [5.41, 5.74) is 0.847. The van der Waals surface area contributed by atoms with Crippen molar-refractivity contribution in [3.63, 3.8) is 0 Å². The van der Waals surface area contributed by atoms with E-state index in [0.717, 1.165) is 12.1 Å². The van der Waals surface area contributed by atoms with E-state index in [0.29, 0.717) is 11.3 Å². The molecule has 6 nitrogen and oxygen atoms in total. The average Bonchev–Trinajstić information content (AvgIpc) is 2.83. The van der Waals surface area contributed by atoms with Crippen LogP contribution in [0.3, 0.4) is 0 Å². The first kappa shape index (κ1) is 14.6. The molecule has 0 amide bonds. The third-order valence-corrected chi connectivity index (χ3v) is 4.10. The van der Waals surface area contributed by atoms with E-state index < -0.39 is 20.7 Å². The maximum absolute atomic E-state index is 13.6. The summed E-state index contributed by atoms with van der Waals surface area (Å²) < 4.78 is 41.5. The zero-order valence-corrected chi connectivity index (χ0v) is 11.6. The van der Waals surface area contributed by atoms with Gasteiger partial charge < -0.3 is 5.11 Å². The third kappa shape index (κ3) is 3.21. The number of benzene rings is 1. The molecule has 0 radical (unpaired) electrons. The molecule has 2 aromatic rings. The van der Waals surface area contributed by atoms with Gasteiger partial charge in [0.1, 0.15) is 10.7 Å². The Morgan fingerprint density at radius 1 is 1.40 bits per heavy atom. The van der Waals surface area contributed by atoms with Crippen molar-refractivity contribution >= 4 is 10.0 Å². The summed E-state index contributed by atoms with van der Waals surface area (Å²) >= 11 is 0. The van der Waals surface area contributed by atoms with Gasteiger partial charge in [-0.3, -0.25) is 4.68 Å². The van der Waals surface area contributed by atoms with Gasteiger partial charge in [-0.15, -0.1) is 0 Å². The van der Waals surface area contributed by atoms with Gasteiger partial charge in [0.25, 0.3) is 0 Å². The monoisotopic (exact) mass is 299 g/mol. The van der Waals surface area contributed by atoms with Crippen LogP contribution in [0.2, 0.25) is 0 Å². The van der Waals surface area contributed by atoms with E-state index in [1.807, 2.05) is 0 Å². The van der Waals surface area contributed by atoms with Gasteiger partial charge in [-0.25, -0.2) is 17.5 Å². The molecule has 0 aliphatic heterocycles. The number of nitrogens with zero attached hydrogens (tertiary/aromatic N) is 2. The van der Waals surface area contributed by atoms with Crippen LogP contribution < -0.4 is 4.72 Å². The fraction of sp³-hybridized carbons (Fsp3) is 0.250. The van der Waals surface area contributed by atoms with E-state index in [1.54, 1.807) is 19.3 Å². The smallest absolute Gasteiger partial charge is 0.243 e. The van der Waals surface area contributed by atoms with Crippen molar-refractivity contribution in [3.8, 4) is 0 Å². The number of hydrogen-bond donors (Lipinski definition) is 2. The van der Waals surface area contributed by atoms with Crippen LogP contribution in [0.15, 0.2) is 35.4 Å². The van der Waals surface area contributed by atoms with Crippen molar-refractivity contribution in [2.45, 2.75) is 18.0 Å². The quantitative estimate of drug-likeness (QED) is 0.843. The summed E-state index contributed by atoms with van der Waals surface area (Å²) in [5, 5.41) is 13.0. The van der Waals surface area contributed by atoms with E-state index in [9.17, 15) is 12.8 Å². The molecular weight excluding hydrogens is 285 g/mol.